The van der Waals surface area contributed by atoms with Gasteiger partial charge < -0.3 is 20.9 Å². The zero-order chi connectivity index (χ0) is 22.0. The normalized spacial score (nSPS) is 22.5. The van der Waals surface area contributed by atoms with Gasteiger partial charge in [-0.1, -0.05) is 0 Å². The van der Waals surface area contributed by atoms with Gasteiger partial charge in [-0.3, -0.25) is 14.9 Å². The molecule has 30 heavy (non-hydrogen) atoms. The van der Waals surface area contributed by atoms with Crippen LogP contribution in [-0.2, 0) is 11.2 Å². The van der Waals surface area contributed by atoms with Crippen molar-refractivity contribution in [3.05, 3.63) is 45.0 Å². The lowest BCUT2D eigenvalue weighted by Crippen LogP contribution is -2.68. The topological polar surface area (TPSA) is 122 Å². The first-order chi connectivity index (χ1) is 14.3. The molecule has 2 aromatic rings. The minimum atomic E-state index is -0.658. The smallest absolute Gasteiger partial charge is 0.252 e. The van der Waals surface area contributed by atoms with Crippen molar-refractivity contribution >= 4 is 16.8 Å². The third kappa shape index (κ3) is 4.21. The first-order valence-electron chi connectivity index (χ1n) is 9.97. The van der Waals surface area contributed by atoms with E-state index in [1.54, 1.807) is 6.92 Å². The summed E-state index contributed by atoms with van der Waals surface area (Å²) in [6.07, 6.45) is 0.00364. The van der Waals surface area contributed by atoms with Crippen LogP contribution in [0.3, 0.4) is 0 Å². The van der Waals surface area contributed by atoms with Gasteiger partial charge in [0.15, 0.2) is 0 Å². The second-order valence-corrected chi connectivity index (χ2v) is 7.78. The molecule has 3 rings (SSSR count). The van der Waals surface area contributed by atoms with Crippen molar-refractivity contribution < 1.29 is 9.18 Å². The number of amides is 1. The Hall–Kier alpha value is -2.80. The van der Waals surface area contributed by atoms with Crippen molar-refractivity contribution in [2.75, 3.05) is 13.6 Å². The maximum atomic E-state index is 14.1. The number of pyridine rings is 1. The Bertz CT molecular complexity index is 1060. The van der Waals surface area contributed by atoms with Crippen LogP contribution in [-0.4, -0.2) is 48.8 Å². The molecule has 1 aliphatic heterocycles. The highest BCUT2D eigenvalue weighted by molar-refractivity contribution is 5.90. The molecule has 8 nitrogen and oxygen atoms in total. The zero-order valence-electron chi connectivity index (χ0n) is 17.5. The monoisotopic (exact) mass is 414 g/mol. The van der Waals surface area contributed by atoms with E-state index in [0.717, 1.165) is 12.6 Å². The van der Waals surface area contributed by atoms with Gasteiger partial charge >= 0.3 is 0 Å². The number of H-pyrrole nitrogens is 1. The van der Waals surface area contributed by atoms with Crippen molar-refractivity contribution in [3.63, 3.8) is 0 Å². The van der Waals surface area contributed by atoms with Gasteiger partial charge in [0.05, 0.1) is 23.7 Å². The van der Waals surface area contributed by atoms with Gasteiger partial charge in [0.25, 0.3) is 5.56 Å². The average molecular weight is 414 g/mol. The number of hydrogen-bond acceptors (Lipinski definition) is 6. The summed E-state index contributed by atoms with van der Waals surface area (Å²) in [4.78, 5) is 27.9. The Balaban J connectivity index is 1.80. The summed E-state index contributed by atoms with van der Waals surface area (Å²) in [6, 6.07) is 4.39. The Labute approximate surface area is 174 Å². The van der Waals surface area contributed by atoms with Gasteiger partial charge in [-0.15, -0.1) is 0 Å². The highest BCUT2D eigenvalue weighted by Gasteiger charge is 2.30. The quantitative estimate of drug-likeness (QED) is 0.483. The van der Waals surface area contributed by atoms with E-state index < -0.39 is 11.4 Å². The fourth-order valence-electron chi connectivity index (χ4n) is 4.17. The molecule has 1 amide bonds. The van der Waals surface area contributed by atoms with E-state index in [1.165, 1.54) is 6.07 Å². The maximum Gasteiger partial charge on any atom is 0.252 e. The Morgan fingerprint density at radius 2 is 2.17 bits per heavy atom. The number of piperazine rings is 1. The number of benzene rings is 1. The van der Waals surface area contributed by atoms with Crippen LogP contribution in [0, 0.1) is 24.1 Å². The third-order valence-corrected chi connectivity index (χ3v) is 5.79. The lowest BCUT2D eigenvalue weighted by atomic mass is 9.97. The lowest BCUT2D eigenvalue weighted by molar-refractivity contribution is -0.121. The first kappa shape index (κ1) is 21.9. The van der Waals surface area contributed by atoms with Gasteiger partial charge in [-0.25, -0.2) is 4.39 Å². The number of aromatic amines is 1. The predicted molar refractivity (Wildman–Crippen MR) is 113 cm³/mol. The standard InChI is InChI=1S/C21H27FN6O2/c1-10-13(21(30)28-16-6-5-15(22)14(8-23)19(10)16)7-18(29)27-12(3)20-11(2)26-17(24-4)9-25-20/h5-6,11-12,17,20,24-26H,7,9H2,1-4H3,(H,27,29)(H,28,30)/t11?,12-,17?,20?/m0/s1. The van der Waals surface area contributed by atoms with Crippen molar-refractivity contribution in [2.24, 2.45) is 0 Å². The molecule has 1 saturated heterocycles. The highest BCUT2D eigenvalue weighted by Crippen LogP contribution is 2.24. The van der Waals surface area contributed by atoms with E-state index in [1.807, 2.05) is 27.0 Å². The second-order valence-electron chi connectivity index (χ2n) is 7.78. The fourth-order valence-corrected chi connectivity index (χ4v) is 4.17. The van der Waals surface area contributed by atoms with Gasteiger partial charge in [-0.05, 0) is 45.5 Å². The van der Waals surface area contributed by atoms with Crippen molar-refractivity contribution in [1.29, 1.82) is 5.26 Å². The molecule has 1 fully saturated rings. The van der Waals surface area contributed by atoms with Crippen LogP contribution in [0.4, 0.5) is 4.39 Å². The summed E-state index contributed by atoms with van der Waals surface area (Å²) in [6.45, 7) is 6.31. The van der Waals surface area contributed by atoms with E-state index in [0.29, 0.717) is 16.5 Å². The van der Waals surface area contributed by atoms with Crippen LogP contribution >= 0.6 is 0 Å². The second kappa shape index (κ2) is 8.92. The molecular weight excluding hydrogens is 387 g/mol. The van der Waals surface area contributed by atoms with Gasteiger partial charge in [0, 0.05) is 35.6 Å². The van der Waals surface area contributed by atoms with Gasteiger partial charge in [0.2, 0.25) is 5.91 Å². The van der Waals surface area contributed by atoms with Gasteiger partial charge in [-0.2, -0.15) is 5.26 Å². The van der Waals surface area contributed by atoms with E-state index in [9.17, 15) is 19.2 Å². The van der Waals surface area contributed by atoms with Crippen molar-refractivity contribution in [3.8, 4) is 6.07 Å². The molecule has 0 bridgehead atoms. The summed E-state index contributed by atoms with van der Waals surface area (Å²) < 4.78 is 14.1. The predicted octanol–water partition coefficient (Wildman–Crippen LogP) is 0.390. The van der Waals surface area contributed by atoms with Crippen LogP contribution in [0.1, 0.15) is 30.5 Å². The Morgan fingerprint density at radius 3 is 2.80 bits per heavy atom. The minimum Gasteiger partial charge on any atom is -0.352 e. The molecule has 1 aliphatic rings. The fraction of sp³-hybridized carbons (Fsp3) is 0.476. The van der Waals surface area contributed by atoms with E-state index in [2.05, 4.69) is 26.3 Å². The van der Waals surface area contributed by atoms with Crippen LogP contribution in [0.5, 0.6) is 0 Å². The molecule has 1 aromatic heterocycles. The average Bonchev–Trinajstić information content (AvgIpc) is 2.71. The van der Waals surface area contributed by atoms with Crippen LogP contribution in [0.15, 0.2) is 16.9 Å². The van der Waals surface area contributed by atoms with E-state index in [-0.39, 0.29) is 47.7 Å². The minimum absolute atomic E-state index is 0.0221. The van der Waals surface area contributed by atoms with Crippen molar-refractivity contribution in [1.82, 2.24) is 26.3 Å². The van der Waals surface area contributed by atoms with E-state index in [4.69, 9.17) is 0 Å². The summed E-state index contributed by atoms with van der Waals surface area (Å²) in [7, 11) is 1.88. The highest BCUT2D eigenvalue weighted by atomic mass is 19.1. The largest absolute Gasteiger partial charge is 0.352 e. The number of carbonyl (C=O) groups excluding carboxylic acids is 1. The number of nitriles is 1. The number of aromatic nitrogens is 1. The molecule has 2 heterocycles. The molecule has 4 atom stereocenters. The molecule has 0 radical (unpaired) electrons. The maximum absolute atomic E-state index is 14.1. The number of fused-ring (bicyclic) bond motifs is 1. The molecule has 160 valence electrons. The number of rotatable bonds is 5. The number of aryl methyl sites for hydroxylation is 1. The molecular formula is C21H27FN6O2. The number of nitrogens with one attached hydrogen (secondary N) is 5. The van der Waals surface area contributed by atoms with E-state index >= 15 is 0 Å². The van der Waals surface area contributed by atoms with Crippen LogP contribution in [0.25, 0.3) is 10.9 Å². The number of likely N-dealkylation sites (N-methyl/N-ethyl adjacent to an activating group) is 1. The summed E-state index contributed by atoms with van der Waals surface area (Å²) in [5.41, 5.74) is 0.489. The number of halogens is 1. The number of carbonyl (C=O) groups is 1. The molecule has 0 aliphatic carbocycles. The zero-order valence-corrected chi connectivity index (χ0v) is 17.5. The number of hydrogen-bond donors (Lipinski definition) is 5. The molecule has 3 unspecified atom stereocenters. The first-order valence-corrected chi connectivity index (χ1v) is 9.97. The lowest BCUT2D eigenvalue weighted by Gasteiger charge is -2.39. The van der Waals surface area contributed by atoms with Crippen LogP contribution in [0.2, 0.25) is 0 Å². The number of nitrogens with zero attached hydrogens (tertiary/aromatic N) is 1. The third-order valence-electron chi connectivity index (χ3n) is 5.79. The summed E-state index contributed by atoms with van der Waals surface area (Å²) in [5.74, 6) is -0.969. The summed E-state index contributed by atoms with van der Waals surface area (Å²) >= 11 is 0. The molecule has 0 saturated carbocycles. The summed E-state index contributed by atoms with van der Waals surface area (Å²) in [5, 5.41) is 22.6. The molecule has 9 heteroatoms. The molecule has 0 spiro atoms. The Kier molecular flexibility index (Phi) is 6.51. The SMILES string of the molecule is CNC1CNC([C@H](C)NC(=O)Cc2c(C)c3c(C#N)c(F)ccc3[nH]c2=O)C(C)N1. The molecule has 5 N–H and O–H groups in total. The van der Waals surface area contributed by atoms with Gasteiger partial charge in [0.1, 0.15) is 11.9 Å². The van der Waals surface area contributed by atoms with Crippen LogP contribution < -0.4 is 26.8 Å². The Morgan fingerprint density at radius 1 is 1.43 bits per heavy atom. The molecule has 1 aromatic carbocycles. The van der Waals surface area contributed by atoms with Crippen molar-refractivity contribution in [2.45, 2.75) is 51.5 Å².